The lowest BCUT2D eigenvalue weighted by atomic mass is 9.96. The van der Waals surface area contributed by atoms with Crippen LogP contribution in [0.1, 0.15) is 32.6 Å². The van der Waals surface area contributed by atoms with E-state index in [1.54, 1.807) is 0 Å². The van der Waals surface area contributed by atoms with Crippen LogP contribution in [0.2, 0.25) is 0 Å². The zero-order chi connectivity index (χ0) is 14.1. The highest BCUT2D eigenvalue weighted by atomic mass is 32.2. The molecular weight excluding hydrogens is 266 g/mol. The van der Waals surface area contributed by atoms with Crippen LogP contribution in [0.5, 0.6) is 0 Å². The molecule has 0 aromatic rings. The number of rotatable bonds is 8. The van der Waals surface area contributed by atoms with Crippen LogP contribution in [-0.2, 0) is 14.8 Å². The van der Waals surface area contributed by atoms with Gasteiger partial charge in [0, 0.05) is 19.5 Å². The summed E-state index contributed by atoms with van der Waals surface area (Å²) in [5.74, 6) is 0.539. The monoisotopic (exact) mass is 291 g/mol. The average molecular weight is 291 g/mol. The molecular formula is C12H25N3O3S. The maximum absolute atomic E-state index is 11.8. The van der Waals surface area contributed by atoms with Gasteiger partial charge < -0.3 is 10.6 Å². The predicted molar refractivity (Wildman–Crippen MR) is 75.3 cm³/mol. The number of nitrogens with one attached hydrogen (secondary N) is 3. The van der Waals surface area contributed by atoms with E-state index in [9.17, 15) is 13.2 Å². The zero-order valence-electron chi connectivity index (χ0n) is 11.6. The summed E-state index contributed by atoms with van der Waals surface area (Å²) in [6, 6.07) is 0. The molecule has 1 rings (SSSR count). The summed E-state index contributed by atoms with van der Waals surface area (Å²) in [7, 11) is -3.24. The molecule has 0 unspecified atom stereocenters. The molecule has 1 saturated heterocycles. The van der Waals surface area contributed by atoms with E-state index in [0.29, 0.717) is 18.9 Å². The van der Waals surface area contributed by atoms with Crippen molar-refractivity contribution in [1.29, 1.82) is 0 Å². The molecule has 0 aromatic carbocycles. The Kier molecular flexibility index (Phi) is 7.33. The first kappa shape index (κ1) is 16.4. The van der Waals surface area contributed by atoms with Gasteiger partial charge in [0.1, 0.15) is 0 Å². The van der Waals surface area contributed by atoms with Gasteiger partial charge in [-0.05, 0) is 45.2 Å². The van der Waals surface area contributed by atoms with Crippen molar-refractivity contribution in [2.45, 2.75) is 32.6 Å². The molecule has 7 heteroatoms. The van der Waals surface area contributed by atoms with E-state index in [1.807, 2.05) is 6.92 Å². The Labute approximate surface area is 115 Å². The van der Waals surface area contributed by atoms with Crippen LogP contribution in [0.15, 0.2) is 0 Å². The molecule has 19 heavy (non-hydrogen) atoms. The normalized spacial score (nSPS) is 17.3. The first-order valence-corrected chi connectivity index (χ1v) is 8.63. The van der Waals surface area contributed by atoms with E-state index in [1.165, 1.54) is 0 Å². The Morgan fingerprint density at radius 3 is 2.63 bits per heavy atom. The number of hydrogen-bond acceptors (Lipinski definition) is 4. The second-order valence-corrected chi connectivity index (χ2v) is 6.83. The number of carbonyl (C=O) groups excluding carboxylic acids is 1. The highest BCUT2D eigenvalue weighted by Crippen LogP contribution is 2.16. The van der Waals surface area contributed by atoms with E-state index >= 15 is 0 Å². The summed E-state index contributed by atoms with van der Waals surface area (Å²) in [5.41, 5.74) is 0. The lowest BCUT2D eigenvalue weighted by Crippen LogP contribution is -2.33. The molecule has 1 aliphatic rings. The Balaban J connectivity index is 2.18. The molecule has 0 aromatic heterocycles. The topological polar surface area (TPSA) is 87.3 Å². The summed E-state index contributed by atoms with van der Waals surface area (Å²) >= 11 is 0. The van der Waals surface area contributed by atoms with Crippen LogP contribution in [0.4, 0.5) is 0 Å². The molecule has 1 heterocycles. The number of hydrogen-bond donors (Lipinski definition) is 3. The molecule has 0 saturated carbocycles. The molecule has 0 atom stereocenters. The van der Waals surface area contributed by atoms with Crippen molar-refractivity contribution >= 4 is 15.9 Å². The molecule has 0 radical (unpaired) electrons. The number of amides is 1. The Morgan fingerprint density at radius 1 is 1.32 bits per heavy atom. The van der Waals surface area contributed by atoms with Gasteiger partial charge in [-0.3, -0.25) is 4.79 Å². The minimum absolute atomic E-state index is 0.122. The highest BCUT2D eigenvalue weighted by molar-refractivity contribution is 7.89. The highest BCUT2D eigenvalue weighted by Gasteiger charge is 2.17. The summed E-state index contributed by atoms with van der Waals surface area (Å²) in [4.78, 5) is 11.2. The van der Waals surface area contributed by atoms with E-state index in [0.717, 1.165) is 25.9 Å². The molecule has 112 valence electrons. The number of carbonyl (C=O) groups is 1. The first-order chi connectivity index (χ1) is 9.03. The molecule has 0 spiro atoms. The van der Waals surface area contributed by atoms with Crippen molar-refractivity contribution in [3.63, 3.8) is 0 Å². The van der Waals surface area contributed by atoms with E-state index < -0.39 is 10.0 Å². The largest absolute Gasteiger partial charge is 0.356 e. The fourth-order valence-corrected chi connectivity index (χ4v) is 3.37. The molecule has 1 fully saturated rings. The predicted octanol–water partition coefficient (Wildman–Crippen LogP) is -0.178. The Bertz CT molecular complexity index is 364. The fraction of sp³-hybridized carbons (Fsp3) is 0.917. The van der Waals surface area contributed by atoms with Gasteiger partial charge in [-0.2, -0.15) is 0 Å². The van der Waals surface area contributed by atoms with Crippen LogP contribution in [0.3, 0.4) is 0 Å². The molecule has 0 aliphatic carbocycles. The van der Waals surface area contributed by atoms with Gasteiger partial charge in [-0.15, -0.1) is 0 Å². The van der Waals surface area contributed by atoms with Crippen molar-refractivity contribution in [1.82, 2.24) is 15.4 Å². The van der Waals surface area contributed by atoms with E-state index in [4.69, 9.17) is 0 Å². The maximum atomic E-state index is 11.8. The zero-order valence-corrected chi connectivity index (χ0v) is 12.4. The van der Waals surface area contributed by atoms with Gasteiger partial charge in [-0.25, -0.2) is 13.1 Å². The lowest BCUT2D eigenvalue weighted by molar-refractivity contribution is -0.120. The van der Waals surface area contributed by atoms with Crippen LogP contribution in [0.25, 0.3) is 0 Å². The van der Waals surface area contributed by atoms with Crippen LogP contribution < -0.4 is 15.4 Å². The van der Waals surface area contributed by atoms with Gasteiger partial charge in [0.05, 0.1) is 5.75 Å². The van der Waals surface area contributed by atoms with Crippen molar-refractivity contribution in [3.8, 4) is 0 Å². The first-order valence-electron chi connectivity index (χ1n) is 6.98. The minimum atomic E-state index is -3.24. The van der Waals surface area contributed by atoms with Crippen LogP contribution in [0, 0.1) is 5.92 Å². The van der Waals surface area contributed by atoms with Gasteiger partial charge in [-0.1, -0.05) is 0 Å². The second kappa shape index (κ2) is 8.50. The summed E-state index contributed by atoms with van der Waals surface area (Å²) < 4.78 is 26.0. The molecule has 1 aliphatic heterocycles. The maximum Gasteiger partial charge on any atom is 0.221 e. The van der Waals surface area contributed by atoms with Gasteiger partial charge in [0.25, 0.3) is 0 Å². The van der Waals surface area contributed by atoms with Crippen molar-refractivity contribution < 1.29 is 13.2 Å². The van der Waals surface area contributed by atoms with Gasteiger partial charge in [0.15, 0.2) is 0 Å². The van der Waals surface area contributed by atoms with E-state index in [-0.39, 0.29) is 24.6 Å². The lowest BCUT2D eigenvalue weighted by Gasteiger charge is -2.22. The molecule has 6 nitrogen and oxygen atoms in total. The smallest absolute Gasteiger partial charge is 0.221 e. The summed E-state index contributed by atoms with van der Waals surface area (Å²) in [6.07, 6.45) is 3.00. The molecule has 3 N–H and O–H groups in total. The number of sulfonamides is 1. The molecule has 1 amide bonds. The van der Waals surface area contributed by atoms with Crippen molar-refractivity contribution in [2.24, 2.45) is 5.92 Å². The third kappa shape index (κ3) is 7.49. The second-order valence-electron chi connectivity index (χ2n) is 4.90. The van der Waals surface area contributed by atoms with Crippen LogP contribution >= 0.6 is 0 Å². The SMILES string of the molecule is CCNC(=O)CCNS(=O)(=O)CCC1CCNCC1. The average Bonchev–Trinajstić information content (AvgIpc) is 2.38. The third-order valence-electron chi connectivity index (χ3n) is 3.30. The molecule has 0 bridgehead atoms. The quantitative estimate of drug-likeness (QED) is 0.579. The van der Waals surface area contributed by atoms with Crippen molar-refractivity contribution in [3.05, 3.63) is 0 Å². The van der Waals surface area contributed by atoms with Gasteiger partial charge >= 0.3 is 0 Å². The fourth-order valence-electron chi connectivity index (χ4n) is 2.17. The third-order valence-corrected chi connectivity index (χ3v) is 4.72. The summed E-state index contributed by atoms with van der Waals surface area (Å²) in [5, 5.41) is 5.90. The van der Waals surface area contributed by atoms with Gasteiger partial charge in [0.2, 0.25) is 15.9 Å². The summed E-state index contributed by atoms with van der Waals surface area (Å²) in [6.45, 7) is 4.55. The van der Waals surface area contributed by atoms with Crippen LogP contribution in [-0.4, -0.2) is 46.3 Å². The standard InChI is InChI=1S/C12H25N3O3S/c1-2-14-12(16)5-9-15-19(17,18)10-6-11-3-7-13-8-4-11/h11,13,15H,2-10H2,1H3,(H,14,16). The Hall–Kier alpha value is -0.660. The van der Waals surface area contributed by atoms with Crippen molar-refractivity contribution in [2.75, 3.05) is 31.9 Å². The minimum Gasteiger partial charge on any atom is -0.356 e. The van der Waals surface area contributed by atoms with E-state index in [2.05, 4.69) is 15.4 Å². The Morgan fingerprint density at radius 2 is 2.00 bits per heavy atom. The number of piperidine rings is 1.